The van der Waals surface area contributed by atoms with Crippen molar-refractivity contribution in [3.05, 3.63) is 10.4 Å². The monoisotopic (exact) mass is 303 g/mol. The molecule has 0 aromatic rings. The fourth-order valence-electron chi connectivity index (χ4n) is 2.84. The van der Waals surface area contributed by atoms with Crippen molar-refractivity contribution in [2.75, 3.05) is 14.2 Å². The summed E-state index contributed by atoms with van der Waals surface area (Å²) in [7, 11) is 2.90. The molecular weight excluding hydrogens is 282 g/mol. The second-order valence-electron chi connectivity index (χ2n) is 5.53. The molecule has 2 rings (SSSR count). The highest BCUT2D eigenvalue weighted by Crippen LogP contribution is 2.44. The summed E-state index contributed by atoms with van der Waals surface area (Å²) in [5.74, 6) is -2.46. The van der Waals surface area contributed by atoms with Crippen molar-refractivity contribution >= 4 is 0 Å². The van der Waals surface area contributed by atoms with Gasteiger partial charge in [-0.2, -0.15) is 0 Å². The van der Waals surface area contributed by atoms with Crippen LogP contribution in [0.1, 0.15) is 20.3 Å². The molecule has 9 nitrogen and oxygen atoms in total. The molecule has 0 amide bonds. The number of hydrogen-bond donors (Lipinski definition) is 2. The largest absolute Gasteiger partial charge is 0.390 e. The van der Waals surface area contributed by atoms with Crippen LogP contribution in [-0.4, -0.2) is 66.5 Å². The van der Waals surface area contributed by atoms with Crippen molar-refractivity contribution < 1.29 is 29.2 Å². The summed E-state index contributed by atoms with van der Waals surface area (Å²) in [4.78, 5) is 2.71. The molecule has 0 unspecified atom stereocenters. The van der Waals surface area contributed by atoms with Gasteiger partial charge in [0.05, 0.1) is 30.5 Å². The average Bonchev–Trinajstić information content (AvgIpc) is 2.46. The fraction of sp³-hybridized carbons (Fsp3) is 1.00. The summed E-state index contributed by atoms with van der Waals surface area (Å²) in [5, 5.41) is 23.5. The van der Waals surface area contributed by atoms with E-state index in [2.05, 4.69) is 10.0 Å². The predicted molar refractivity (Wildman–Crippen MR) is 70.1 cm³/mol. The molecular formula is C12H21N3O6. The molecule has 120 valence electrons. The molecule has 1 saturated carbocycles. The molecule has 1 saturated heterocycles. The zero-order valence-electron chi connectivity index (χ0n) is 12.5. The SMILES string of the molecule is CO[C@@]1(C)O[C@@H]2[C@@H](N=[N+]=[N-])[C@H](O)[C@H](O)C[C@H]2O[C@]1(C)OC. The Bertz CT molecular complexity index is 445. The summed E-state index contributed by atoms with van der Waals surface area (Å²) in [6, 6.07) is -0.973. The van der Waals surface area contributed by atoms with Gasteiger partial charge in [0.15, 0.2) is 0 Å². The van der Waals surface area contributed by atoms with Crippen molar-refractivity contribution in [3.8, 4) is 0 Å². The number of hydrogen-bond acceptors (Lipinski definition) is 7. The van der Waals surface area contributed by atoms with Gasteiger partial charge in [0.1, 0.15) is 0 Å². The molecule has 1 heterocycles. The van der Waals surface area contributed by atoms with E-state index < -0.39 is 42.0 Å². The van der Waals surface area contributed by atoms with Crippen LogP contribution in [0.25, 0.3) is 10.4 Å². The number of rotatable bonds is 3. The third-order valence-corrected chi connectivity index (χ3v) is 4.45. The molecule has 0 spiro atoms. The lowest BCUT2D eigenvalue weighted by atomic mass is 9.84. The average molecular weight is 303 g/mol. The lowest BCUT2D eigenvalue weighted by Gasteiger charge is -2.55. The van der Waals surface area contributed by atoms with Crippen LogP contribution >= 0.6 is 0 Å². The van der Waals surface area contributed by atoms with Gasteiger partial charge in [-0.05, 0) is 19.4 Å². The van der Waals surface area contributed by atoms with Gasteiger partial charge < -0.3 is 29.2 Å². The molecule has 1 aliphatic carbocycles. The Morgan fingerprint density at radius 1 is 1.19 bits per heavy atom. The minimum absolute atomic E-state index is 0.141. The molecule has 2 aliphatic rings. The Balaban J connectivity index is 2.36. The molecule has 21 heavy (non-hydrogen) atoms. The van der Waals surface area contributed by atoms with E-state index in [-0.39, 0.29) is 6.42 Å². The number of methoxy groups -OCH3 is 2. The Morgan fingerprint density at radius 3 is 2.29 bits per heavy atom. The number of fused-ring (bicyclic) bond motifs is 1. The summed E-state index contributed by atoms with van der Waals surface area (Å²) in [5.41, 5.74) is 8.66. The van der Waals surface area contributed by atoms with Gasteiger partial charge in [-0.1, -0.05) is 5.11 Å². The summed E-state index contributed by atoms with van der Waals surface area (Å²) >= 11 is 0. The highest BCUT2D eigenvalue weighted by atomic mass is 16.8. The van der Waals surface area contributed by atoms with Crippen LogP contribution < -0.4 is 0 Å². The number of azide groups is 1. The highest BCUT2D eigenvalue weighted by Gasteiger charge is 2.60. The Hall–Kier alpha value is -0.930. The zero-order valence-corrected chi connectivity index (χ0v) is 12.5. The summed E-state index contributed by atoms with van der Waals surface area (Å²) in [6.07, 6.45) is -3.49. The van der Waals surface area contributed by atoms with Crippen LogP contribution in [0.15, 0.2) is 5.11 Å². The smallest absolute Gasteiger partial charge is 0.220 e. The van der Waals surface area contributed by atoms with Crippen LogP contribution in [0.5, 0.6) is 0 Å². The molecule has 0 bridgehead atoms. The van der Waals surface area contributed by atoms with E-state index in [4.69, 9.17) is 24.5 Å². The second-order valence-corrected chi connectivity index (χ2v) is 5.53. The standard InChI is InChI=1S/C12H21N3O6/c1-11(18-3)12(2,19-4)21-10-7(20-11)5-6(16)9(17)8(10)14-15-13/h6-10,16-17H,5H2,1-4H3/t6-,7-,8+,9-,10+,11+,12+/m1/s1. The Kier molecular flexibility index (Phi) is 4.46. The number of aliphatic hydroxyl groups is 2. The first kappa shape index (κ1) is 16.4. The third kappa shape index (κ3) is 2.51. The highest BCUT2D eigenvalue weighted by molar-refractivity contribution is 5.04. The lowest BCUT2D eigenvalue weighted by Crippen LogP contribution is -2.70. The van der Waals surface area contributed by atoms with E-state index in [1.54, 1.807) is 13.8 Å². The molecule has 2 fully saturated rings. The third-order valence-electron chi connectivity index (χ3n) is 4.45. The molecule has 0 aromatic heterocycles. The van der Waals surface area contributed by atoms with E-state index >= 15 is 0 Å². The van der Waals surface area contributed by atoms with Gasteiger partial charge in [0.25, 0.3) is 0 Å². The molecule has 0 radical (unpaired) electrons. The van der Waals surface area contributed by atoms with E-state index in [1.165, 1.54) is 14.2 Å². The Labute approximate surface area is 122 Å². The maximum Gasteiger partial charge on any atom is 0.220 e. The van der Waals surface area contributed by atoms with Crippen molar-refractivity contribution in [1.82, 2.24) is 0 Å². The van der Waals surface area contributed by atoms with Crippen LogP contribution in [0, 0.1) is 0 Å². The van der Waals surface area contributed by atoms with Gasteiger partial charge in [-0.25, -0.2) is 0 Å². The maximum atomic E-state index is 10.0. The molecule has 7 atom stereocenters. The van der Waals surface area contributed by atoms with Gasteiger partial charge in [0, 0.05) is 25.6 Å². The van der Waals surface area contributed by atoms with Crippen LogP contribution in [0.3, 0.4) is 0 Å². The van der Waals surface area contributed by atoms with Crippen LogP contribution in [-0.2, 0) is 18.9 Å². The van der Waals surface area contributed by atoms with E-state index in [0.717, 1.165) is 0 Å². The van der Waals surface area contributed by atoms with Gasteiger partial charge in [-0.15, -0.1) is 0 Å². The minimum Gasteiger partial charge on any atom is -0.390 e. The van der Waals surface area contributed by atoms with Gasteiger partial charge >= 0.3 is 0 Å². The predicted octanol–water partition coefficient (Wildman–Crippen LogP) is 0.300. The first-order chi connectivity index (χ1) is 9.81. The zero-order chi connectivity index (χ0) is 15.8. The van der Waals surface area contributed by atoms with Crippen molar-refractivity contribution in [2.45, 2.75) is 62.3 Å². The fourth-order valence-corrected chi connectivity index (χ4v) is 2.84. The molecule has 1 aliphatic heterocycles. The first-order valence-electron chi connectivity index (χ1n) is 6.68. The molecule has 9 heteroatoms. The lowest BCUT2D eigenvalue weighted by molar-refractivity contribution is -0.456. The van der Waals surface area contributed by atoms with E-state index in [9.17, 15) is 10.2 Å². The number of aliphatic hydroxyl groups excluding tert-OH is 2. The van der Waals surface area contributed by atoms with Gasteiger partial charge in [0.2, 0.25) is 11.6 Å². The molecule has 0 aromatic carbocycles. The summed E-state index contributed by atoms with van der Waals surface area (Å²) < 4.78 is 22.6. The Morgan fingerprint density at radius 2 is 1.76 bits per heavy atom. The van der Waals surface area contributed by atoms with Gasteiger partial charge in [-0.3, -0.25) is 0 Å². The van der Waals surface area contributed by atoms with Crippen LogP contribution in [0.2, 0.25) is 0 Å². The number of ether oxygens (including phenoxy) is 4. The van der Waals surface area contributed by atoms with E-state index in [0.29, 0.717) is 0 Å². The van der Waals surface area contributed by atoms with E-state index in [1.807, 2.05) is 0 Å². The summed E-state index contributed by atoms with van der Waals surface area (Å²) in [6.45, 7) is 3.30. The number of nitrogens with zero attached hydrogens (tertiary/aromatic N) is 3. The maximum absolute atomic E-state index is 10.0. The topological polar surface area (TPSA) is 126 Å². The van der Waals surface area contributed by atoms with Crippen molar-refractivity contribution in [1.29, 1.82) is 0 Å². The normalized spacial score (nSPS) is 50.1. The molecule has 2 N–H and O–H groups in total. The van der Waals surface area contributed by atoms with Crippen LogP contribution in [0.4, 0.5) is 0 Å². The first-order valence-corrected chi connectivity index (χ1v) is 6.68. The minimum atomic E-state index is -1.26. The van der Waals surface area contributed by atoms with Crippen molar-refractivity contribution in [2.24, 2.45) is 5.11 Å². The van der Waals surface area contributed by atoms with Crippen molar-refractivity contribution in [3.63, 3.8) is 0 Å². The quantitative estimate of drug-likeness (QED) is 0.438. The second kappa shape index (κ2) is 5.69.